The molecule has 0 radical (unpaired) electrons. The first kappa shape index (κ1) is 22.1. The van der Waals surface area contributed by atoms with Gasteiger partial charge in [0, 0.05) is 11.3 Å². The number of rotatable bonds is 8. The molecule has 0 saturated carbocycles. The van der Waals surface area contributed by atoms with Crippen LogP contribution in [0, 0.1) is 5.92 Å². The second-order valence-electron chi connectivity index (χ2n) is 7.73. The summed E-state index contributed by atoms with van der Waals surface area (Å²) in [6.45, 7) is 3.82. The molecule has 0 bridgehead atoms. The number of carbonyl (C=O) groups is 2. The molecule has 0 aliphatic rings. The van der Waals surface area contributed by atoms with E-state index in [0.717, 1.165) is 16.8 Å². The van der Waals surface area contributed by atoms with Crippen molar-refractivity contribution >= 4 is 17.5 Å². The largest absolute Gasteiger partial charge is 0.497 e. The molecule has 3 aromatic rings. The zero-order valence-electron chi connectivity index (χ0n) is 18.1. The molecule has 1 atom stereocenters. The van der Waals surface area contributed by atoms with Crippen LogP contribution in [0.2, 0.25) is 0 Å². The molecule has 2 N–H and O–H groups in total. The number of anilines is 1. The number of benzene rings is 3. The van der Waals surface area contributed by atoms with Crippen LogP contribution in [0.25, 0.3) is 0 Å². The van der Waals surface area contributed by atoms with Crippen molar-refractivity contribution in [3.63, 3.8) is 0 Å². The van der Waals surface area contributed by atoms with Crippen molar-refractivity contribution in [2.24, 2.45) is 5.92 Å². The third-order valence-corrected chi connectivity index (χ3v) is 5.10. The van der Waals surface area contributed by atoms with Gasteiger partial charge in [-0.05, 0) is 53.8 Å². The van der Waals surface area contributed by atoms with Crippen molar-refractivity contribution < 1.29 is 14.3 Å². The van der Waals surface area contributed by atoms with Crippen molar-refractivity contribution in [3.8, 4) is 5.75 Å². The van der Waals surface area contributed by atoms with Gasteiger partial charge in [-0.3, -0.25) is 9.59 Å². The van der Waals surface area contributed by atoms with Gasteiger partial charge in [0.05, 0.1) is 7.11 Å². The number of carbonyl (C=O) groups excluding carboxylic acids is 2. The Kier molecular flexibility index (Phi) is 7.44. The minimum atomic E-state index is -0.667. The summed E-state index contributed by atoms with van der Waals surface area (Å²) in [4.78, 5) is 25.8. The summed E-state index contributed by atoms with van der Waals surface area (Å²) in [5.74, 6) is 0.0552. The lowest BCUT2D eigenvalue weighted by atomic mass is 10.0. The summed E-state index contributed by atoms with van der Waals surface area (Å²) >= 11 is 0. The van der Waals surface area contributed by atoms with Gasteiger partial charge in [-0.25, -0.2) is 0 Å². The lowest BCUT2D eigenvalue weighted by molar-refractivity contribution is -0.118. The molecular weight excluding hydrogens is 388 g/mol. The maximum Gasteiger partial charge on any atom is 0.251 e. The van der Waals surface area contributed by atoms with Crippen molar-refractivity contribution in [2.75, 3.05) is 12.4 Å². The van der Waals surface area contributed by atoms with E-state index >= 15 is 0 Å². The van der Waals surface area contributed by atoms with Gasteiger partial charge < -0.3 is 15.4 Å². The fourth-order valence-corrected chi connectivity index (χ4v) is 3.32. The molecule has 160 valence electrons. The molecule has 0 aliphatic heterocycles. The molecule has 3 aromatic carbocycles. The predicted octanol–water partition coefficient (Wildman–Crippen LogP) is 4.68. The average molecular weight is 417 g/mol. The highest BCUT2D eigenvalue weighted by Gasteiger charge is 2.25. The van der Waals surface area contributed by atoms with Crippen molar-refractivity contribution in [2.45, 2.75) is 26.3 Å². The van der Waals surface area contributed by atoms with E-state index in [1.165, 1.54) is 0 Å². The molecular formula is C26H28N2O3. The number of amides is 2. The Hall–Kier alpha value is -3.60. The molecule has 5 heteroatoms. The van der Waals surface area contributed by atoms with E-state index in [-0.39, 0.29) is 17.7 Å². The smallest absolute Gasteiger partial charge is 0.251 e. The molecule has 0 spiro atoms. The highest BCUT2D eigenvalue weighted by atomic mass is 16.5. The Bertz CT molecular complexity index is 1010. The molecule has 0 saturated heterocycles. The third-order valence-electron chi connectivity index (χ3n) is 5.10. The number of para-hydroxylation sites is 1. The van der Waals surface area contributed by atoms with Crippen LogP contribution in [0.1, 0.15) is 35.3 Å². The van der Waals surface area contributed by atoms with Gasteiger partial charge in [-0.2, -0.15) is 0 Å². The number of ether oxygens (including phenoxy) is 1. The van der Waals surface area contributed by atoms with E-state index in [9.17, 15) is 9.59 Å². The first-order valence-corrected chi connectivity index (χ1v) is 10.4. The van der Waals surface area contributed by atoms with Crippen LogP contribution in [0.4, 0.5) is 5.69 Å². The standard InChI is InChI=1S/C26H28N2O3/c1-18(2)24(28-25(29)20-13-15-22(31-3)16-14-20)26(30)27-23-12-8-7-11-21(23)17-19-9-5-4-6-10-19/h4-16,18,24H,17H2,1-3H3,(H,27,30)(H,28,29)/t24-/m0/s1. The van der Waals surface area contributed by atoms with E-state index in [4.69, 9.17) is 4.74 Å². The first-order valence-electron chi connectivity index (χ1n) is 10.4. The molecule has 0 unspecified atom stereocenters. The van der Waals surface area contributed by atoms with Gasteiger partial charge in [0.25, 0.3) is 5.91 Å². The van der Waals surface area contributed by atoms with Crippen molar-refractivity contribution in [1.29, 1.82) is 0 Å². The predicted molar refractivity (Wildman–Crippen MR) is 123 cm³/mol. The van der Waals surface area contributed by atoms with E-state index < -0.39 is 6.04 Å². The van der Waals surface area contributed by atoms with Gasteiger partial charge in [0.2, 0.25) is 5.91 Å². The number of hydrogen-bond donors (Lipinski definition) is 2. The minimum absolute atomic E-state index is 0.0801. The molecule has 0 heterocycles. The number of methoxy groups -OCH3 is 1. The molecule has 0 aromatic heterocycles. The van der Waals surface area contributed by atoms with Crippen LogP contribution in [-0.2, 0) is 11.2 Å². The lowest BCUT2D eigenvalue weighted by Crippen LogP contribution is -2.47. The summed E-state index contributed by atoms with van der Waals surface area (Å²) in [7, 11) is 1.57. The van der Waals surface area contributed by atoms with E-state index in [1.807, 2.05) is 56.3 Å². The monoisotopic (exact) mass is 416 g/mol. The highest BCUT2D eigenvalue weighted by molar-refractivity contribution is 6.01. The van der Waals surface area contributed by atoms with E-state index in [0.29, 0.717) is 17.7 Å². The Morgan fingerprint density at radius 3 is 2.16 bits per heavy atom. The third kappa shape index (κ3) is 5.95. The summed E-state index contributed by atoms with van der Waals surface area (Å²) in [6, 6.07) is 24.0. The summed E-state index contributed by atoms with van der Waals surface area (Å²) in [6.07, 6.45) is 0.710. The topological polar surface area (TPSA) is 67.4 Å². The zero-order valence-corrected chi connectivity index (χ0v) is 18.1. The van der Waals surface area contributed by atoms with Gasteiger partial charge in [0.15, 0.2) is 0 Å². The quantitative estimate of drug-likeness (QED) is 0.560. The summed E-state index contributed by atoms with van der Waals surface area (Å²) < 4.78 is 5.13. The van der Waals surface area contributed by atoms with Gasteiger partial charge in [-0.15, -0.1) is 0 Å². The molecule has 0 aliphatic carbocycles. The fourth-order valence-electron chi connectivity index (χ4n) is 3.32. The first-order chi connectivity index (χ1) is 15.0. The Morgan fingerprint density at radius 2 is 1.52 bits per heavy atom. The fraction of sp³-hybridized carbons (Fsp3) is 0.231. The second kappa shape index (κ2) is 10.4. The zero-order chi connectivity index (χ0) is 22.2. The molecule has 3 rings (SSSR count). The Labute approximate surface area is 183 Å². The van der Waals surface area contributed by atoms with Crippen LogP contribution in [0.5, 0.6) is 5.75 Å². The van der Waals surface area contributed by atoms with Crippen molar-refractivity contribution in [3.05, 3.63) is 95.6 Å². The molecule has 0 fully saturated rings. The SMILES string of the molecule is COc1ccc(C(=O)N[C@H](C(=O)Nc2ccccc2Cc2ccccc2)C(C)C)cc1. The van der Waals surface area contributed by atoms with Crippen molar-refractivity contribution in [1.82, 2.24) is 5.32 Å². The maximum atomic E-state index is 13.1. The van der Waals surface area contributed by atoms with E-state index in [1.54, 1.807) is 31.4 Å². The number of hydrogen-bond acceptors (Lipinski definition) is 3. The molecule has 2 amide bonds. The van der Waals surface area contributed by atoms with Crippen LogP contribution in [0.3, 0.4) is 0 Å². The average Bonchev–Trinajstić information content (AvgIpc) is 2.79. The Balaban J connectivity index is 1.73. The molecule has 31 heavy (non-hydrogen) atoms. The Morgan fingerprint density at radius 1 is 0.871 bits per heavy atom. The number of nitrogens with one attached hydrogen (secondary N) is 2. The minimum Gasteiger partial charge on any atom is -0.497 e. The highest BCUT2D eigenvalue weighted by Crippen LogP contribution is 2.20. The van der Waals surface area contributed by atoms with Crippen LogP contribution in [-0.4, -0.2) is 25.0 Å². The second-order valence-corrected chi connectivity index (χ2v) is 7.73. The normalized spacial score (nSPS) is 11.6. The van der Waals surface area contributed by atoms with Crippen LogP contribution >= 0.6 is 0 Å². The van der Waals surface area contributed by atoms with Crippen LogP contribution in [0.15, 0.2) is 78.9 Å². The lowest BCUT2D eigenvalue weighted by Gasteiger charge is -2.22. The summed E-state index contributed by atoms with van der Waals surface area (Å²) in [5, 5.41) is 5.88. The summed E-state index contributed by atoms with van der Waals surface area (Å²) in [5.41, 5.74) is 3.41. The molecule has 5 nitrogen and oxygen atoms in total. The van der Waals surface area contributed by atoms with Gasteiger partial charge in [-0.1, -0.05) is 62.4 Å². The van der Waals surface area contributed by atoms with Gasteiger partial charge >= 0.3 is 0 Å². The van der Waals surface area contributed by atoms with Crippen LogP contribution < -0.4 is 15.4 Å². The maximum absolute atomic E-state index is 13.1. The van der Waals surface area contributed by atoms with Gasteiger partial charge in [0.1, 0.15) is 11.8 Å². The van der Waals surface area contributed by atoms with E-state index in [2.05, 4.69) is 22.8 Å².